The summed E-state index contributed by atoms with van der Waals surface area (Å²) in [6.07, 6.45) is 3.95. The summed E-state index contributed by atoms with van der Waals surface area (Å²) in [6, 6.07) is 8.29. The number of aliphatic imine (C=N–C) groups is 1. The van der Waals surface area contributed by atoms with Crippen molar-refractivity contribution in [3.8, 4) is 5.75 Å². The number of methoxy groups -OCH3 is 1. The van der Waals surface area contributed by atoms with E-state index in [1.165, 1.54) is 11.3 Å². The van der Waals surface area contributed by atoms with Crippen molar-refractivity contribution in [2.24, 2.45) is 4.99 Å². The van der Waals surface area contributed by atoms with Gasteiger partial charge in [-0.25, -0.2) is 0 Å². The van der Waals surface area contributed by atoms with Gasteiger partial charge in [-0.3, -0.25) is 10.1 Å². The second kappa shape index (κ2) is 11.9. The van der Waals surface area contributed by atoms with E-state index in [-0.39, 0.29) is 24.0 Å². The van der Waals surface area contributed by atoms with Gasteiger partial charge in [-0.1, -0.05) is 6.07 Å². The highest BCUT2D eigenvalue weighted by Gasteiger charge is 2.20. The summed E-state index contributed by atoms with van der Waals surface area (Å²) >= 11 is 0. The van der Waals surface area contributed by atoms with Crippen molar-refractivity contribution < 1.29 is 4.74 Å². The van der Waals surface area contributed by atoms with Crippen LogP contribution in [0.1, 0.15) is 24.6 Å². The fourth-order valence-electron chi connectivity index (χ4n) is 3.49. The Morgan fingerprint density at radius 2 is 2.07 bits per heavy atom. The number of ether oxygens (including phenoxy) is 1. The lowest BCUT2D eigenvalue weighted by Gasteiger charge is -2.37. The van der Waals surface area contributed by atoms with E-state index in [2.05, 4.69) is 51.3 Å². The second-order valence-electron chi connectivity index (χ2n) is 7.04. The Bertz CT molecular complexity index is 770. The average molecular weight is 512 g/mol. The predicted molar refractivity (Wildman–Crippen MR) is 130 cm³/mol. The smallest absolute Gasteiger partial charge is 0.194 e. The molecule has 0 atom stereocenters. The molecular formula is C21H33IN6O. The number of H-pyrrole nitrogens is 1. The van der Waals surface area contributed by atoms with E-state index in [1.807, 2.05) is 18.3 Å². The molecule has 0 spiro atoms. The molecule has 1 aliphatic rings. The molecule has 0 unspecified atom stereocenters. The van der Waals surface area contributed by atoms with E-state index >= 15 is 0 Å². The maximum Gasteiger partial charge on any atom is 0.194 e. The zero-order valence-corrected chi connectivity index (χ0v) is 20.0. The number of hydrogen-bond donors (Lipinski definition) is 2. The van der Waals surface area contributed by atoms with Crippen LogP contribution < -0.4 is 15.0 Å². The lowest BCUT2D eigenvalue weighted by molar-refractivity contribution is 0.372. The maximum absolute atomic E-state index is 5.35. The number of halogens is 1. The number of piperazine rings is 1. The van der Waals surface area contributed by atoms with Gasteiger partial charge in [0.1, 0.15) is 5.75 Å². The molecule has 0 aliphatic carbocycles. The Morgan fingerprint density at radius 3 is 2.72 bits per heavy atom. The largest absolute Gasteiger partial charge is 0.497 e. The molecule has 2 aromatic rings. The summed E-state index contributed by atoms with van der Waals surface area (Å²) in [7, 11) is 1.71. The number of aromatic nitrogens is 2. The topological polar surface area (TPSA) is 68.8 Å². The minimum atomic E-state index is 0. The highest BCUT2D eigenvalue weighted by molar-refractivity contribution is 14.0. The van der Waals surface area contributed by atoms with Crippen molar-refractivity contribution >= 4 is 35.6 Å². The quantitative estimate of drug-likeness (QED) is 0.259. The number of hydrogen-bond acceptors (Lipinski definition) is 4. The third-order valence-corrected chi connectivity index (χ3v) is 5.13. The van der Waals surface area contributed by atoms with E-state index < -0.39 is 0 Å². The molecule has 1 fully saturated rings. The molecule has 0 saturated carbocycles. The van der Waals surface area contributed by atoms with Crippen LogP contribution in [0.25, 0.3) is 0 Å². The zero-order valence-electron chi connectivity index (χ0n) is 17.6. The van der Waals surface area contributed by atoms with Gasteiger partial charge in [-0.15, -0.1) is 24.0 Å². The van der Waals surface area contributed by atoms with Crippen LogP contribution in [0.4, 0.5) is 5.69 Å². The highest BCUT2D eigenvalue weighted by atomic mass is 127. The van der Waals surface area contributed by atoms with Gasteiger partial charge in [0.05, 0.1) is 13.3 Å². The van der Waals surface area contributed by atoms with E-state index in [9.17, 15) is 0 Å². The number of rotatable bonds is 7. The number of nitrogens with one attached hydrogen (secondary N) is 2. The van der Waals surface area contributed by atoms with Crippen LogP contribution in [0.2, 0.25) is 0 Å². The molecule has 1 saturated heterocycles. The molecule has 8 heteroatoms. The summed E-state index contributed by atoms with van der Waals surface area (Å²) in [5.74, 6) is 1.93. The predicted octanol–water partition coefficient (Wildman–Crippen LogP) is 3.07. The van der Waals surface area contributed by atoms with E-state index in [4.69, 9.17) is 9.73 Å². The summed E-state index contributed by atoms with van der Waals surface area (Å²) in [5.41, 5.74) is 3.66. The molecule has 1 aromatic heterocycles. The third kappa shape index (κ3) is 6.52. The average Bonchev–Trinajstić information content (AvgIpc) is 3.15. The number of benzene rings is 1. The standard InChI is InChI=1S/C21H32N6O.HI/c1-4-22-21(23-10-6-7-18-16-24-25-17(18)2)27-13-11-26(12-14-27)19-8-5-9-20(15-19)28-3;/h5,8-9,15-16H,4,6-7,10-14H2,1-3H3,(H,22,23)(H,24,25);1H. The first-order valence-electron chi connectivity index (χ1n) is 10.1. The number of anilines is 1. The molecule has 29 heavy (non-hydrogen) atoms. The normalized spacial score (nSPS) is 14.5. The maximum atomic E-state index is 5.35. The minimum Gasteiger partial charge on any atom is -0.497 e. The summed E-state index contributed by atoms with van der Waals surface area (Å²) in [4.78, 5) is 9.63. The van der Waals surface area contributed by atoms with E-state index in [0.717, 1.165) is 69.5 Å². The van der Waals surface area contributed by atoms with Gasteiger partial charge in [0.2, 0.25) is 0 Å². The van der Waals surface area contributed by atoms with Crippen LogP contribution in [-0.2, 0) is 6.42 Å². The molecule has 2 N–H and O–H groups in total. The fraction of sp³-hybridized carbons (Fsp3) is 0.524. The summed E-state index contributed by atoms with van der Waals surface area (Å²) in [6.45, 7) is 9.78. The summed E-state index contributed by atoms with van der Waals surface area (Å²) < 4.78 is 5.35. The Labute approximate surface area is 190 Å². The molecular weight excluding hydrogens is 479 g/mol. The Hall–Kier alpha value is -1.97. The molecule has 1 aromatic carbocycles. The third-order valence-electron chi connectivity index (χ3n) is 5.13. The lowest BCUT2D eigenvalue weighted by Crippen LogP contribution is -2.52. The molecule has 3 rings (SSSR count). The van der Waals surface area contributed by atoms with E-state index in [1.54, 1.807) is 7.11 Å². The van der Waals surface area contributed by atoms with Crippen molar-refractivity contribution in [1.82, 2.24) is 20.4 Å². The Kier molecular flexibility index (Phi) is 9.56. The van der Waals surface area contributed by atoms with Crippen molar-refractivity contribution in [2.45, 2.75) is 26.7 Å². The van der Waals surface area contributed by atoms with Gasteiger partial charge < -0.3 is 19.9 Å². The van der Waals surface area contributed by atoms with Crippen LogP contribution in [0, 0.1) is 6.92 Å². The molecule has 160 valence electrons. The monoisotopic (exact) mass is 512 g/mol. The number of aryl methyl sites for hydroxylation is 2. The van der Waals surface area contributed by atoms with E-state index in [0.29, 0.717) is 0 Å². The molecule has 0 amide bonds. The van der Waals surface area contributed by atoms with Gasteiger partial charge in [0.15, 0.2) is 5.96 Å². The Balaban J connectivity index is 0.00000300. The first-order valence-corrected chi connectivity index (χ1v) is 10.1. The number of guanidine groups is 1. The van der Waals surface area contributed by atoms with Gasteiger partial charge in [-0.2, -0.15) is 5.10 Å². The SMILES string of the molecule is CCNC(=NCCCc1cn[nH]c1C)N1CCN(c2cccc(OC)c2)CC1.I. The van der Waals surface area contributed by atoms with Gasteiger partial charge >= 0.3 is 0 Å². The van der Waals surface area contributed by atoms with Gasteiger partial charge in [0, 0.05) is 56.7 Å². The van der Waals surface area contributed by atoms with Crippen LogP contribution in [0.15, 0.2) is 35.5 Å². The van der Waals surface area contributed by atoms with Crippen molar-refractivity contribution in [3.05, 3.63) is 41.7 Å². The minimum absolute atomic E-state index is 0. The van der Waals surface area contributed by atoms with Crippen LogP contribution in [0.3, 0.4) is 0 Å². The second-order valence-corrected chi connectivity index (χ2v) is 7.04. The molecule has 0 radical (unpaired) electrons. The van der Waals surface area contributed by atoms with Crippen LogP contribution >= 0.6 is 24.0 Å². The molecule has 7 nitrogen and oxygen atoms in total. The molecule has 0 bridgehead atoms. The van der Waals surface area contributed by atoms with Gasteiger partial charge in [0.25, 0.3) is 0 Å². The summed E-state index contributed by atoms with van der Waals surface area (Å²) in [5, 5.41) is 10.5. The van der Waals surface area contributed by atoms with Gasteiger partial charge in [-0.05, 0) is 44.4 Å². The van der Waals surface area contributed by atoms with Crippen molar-refractivity contribution in [3.63, 3.8) is 0 Å². The lowest BCUT2D eigenvalue weighted by atomic mass is 10.1. The number of nitrogens with zero attached hydrogens (tertiary/aromatic N) is 4. The highest BCUT2D eigenvalue weighted by Crippen LogP contribution is 2.22. The van der Waals surface area contributed by atoms with Crippen molar-refractivity contribution in [1.29, 1.82) is 0 Å². The molecule has 1 aliphatic heterocycles. The molecule has 2 heterocycles. The first kappa shape index (κ1) is 23.3. The Morgan fingerprint density at radius 1 is 1.28 bits per heavy atom. The van der Waals surface area contributed by atoms with Crippen LogP contribution in [0.5, 0.6) is 5.75 Å². The van der Waals surface area contributed by atoms with Crippen LogP contribution in [-0.4, -0.2) is 67.4 Å². The zero-order chi connectivity index (χ0) is 19.8. The first-order chi connectivity index (χ1) is 13.7. The number of aromatic amines is 1. The fourth-order valence-corrected chi connectivity index (χ4v) is 3.49. The van der Waals surface area contributed by atoms with Crippen molar-refractivity contribution in [2.75, 3.05) is 51.3 Å².